The number of aryl methyl sites for hydroxylation is 1. The molecule has 0 saturated carbocycles. The minimum absolute atomic E-state index is 0.187. The fourth-order valence-electron chi connectivity index (χ4n) is 3.43. The molecule has 0 aromatic heterocycles. The van der Waals surface area contributed by atoms with E-state index < -0.39 is 0 Å². The Morgan fingerprint density at radius 2 is 1.29 bits per heavy atom. The first-order valence-electron chi connectivity index (χ1n) is 11.3. The van der Waals surface area contributed by atoms with Crippen LogP contribution in [0.4, 0.5) is 11.4 Å². The van der Waals surface area contributed by atoms with Crippen molar-refractivity contribution >= 4 is 23.2 Å². The van der Waals surface area contributed by atoms with Crippen LogP contribution in [0.5, 0.6) is 11.5 Å². The summed E-state index contributed by atoms with van der Waals surface area (Å²) < 4.78 is 11.4. The van der Waals surface area contributed by atoms with E-state index in [9.17, 15) is 9.59 Å². The van der Waals surface area contributed by atoms with Gasteiger partial charge in [0.05, 0.1) is 5.56 Å². The standard InChI is InChI=1S/C29H26N2O4/c1-21-8-7-9-22(20-21)28(32)30-23-14-16-24(17-15-23)31-29(33)26-12-5-6-13-27(26)35-19-18-34-25-10-3-2-4-11-25/h2-17,20H,18-19H2,1H3,(H,30,32)(H,31,33). The number of benzene rings is 4. The second-order valence-corrected chi connectivity index (χ2v) is 7.86. The van der Waals surface area contributed by atoms with E-state index in [1.54, 1.807) is 48.5 Å². The van der Waals surface area contributed by atoms with Gasteiger partial charge in [0.2, 0.25) is 0 Å². The summed E-state index contributed by atoms with van der Waals surface area (Å²) in [6.07, 6.45) is 0. The Balaban J connectivity index is 1.32. The van der Waals surface area contributed by atoms with E-state index in [1.165, 1.54) is 0 Å². The van der Waals surface area contributed by atoms with Crippen molar-refractivity contribution in [2.75, 3.05) is 23.8 Å². The molecule has 4 rings (SSSR count). The topological polar surface area (TPSA) is 76.7 Å². The number of carbonyl (C=O) groups excluding carboxylic acids is 2. The van der Waals surface area contributed by atoms with Gasteiger partial charge in [-0.25, -0.2) is 0 Å². The van der Waals surface area contributed by atoms with Crippen molar-refractivity contribution in [1.82, 2.24) is 0 Å². The van der Waals surface area contributed by atoms with Crippen molar-refractivity contribution in [1.29, 1.82) is 0 Å². The average molecular weight is 467 g/mol. The lowest BCUT2D eigenvalue weighted by Gasteiger charge is -2.13. The van der Waals surface area contributed by atoms with Gasteiger partial charge >= 0.3 is 0 Å². The molecule has 176 valence electrons. The first-order valence-corrected chi connectivity index (χ1v) is 11.3. The molecule has 0 aliphatic heterocycles. The van der Waals surface area contributed by atoms with Crippen molar-refractivity contribution in [3.63, 3.8) is 0 Å². The first kappa shape index (κ1) is 23.6. The Hall–Kier alpha value is -4.58. The van der Waals surface area contributed by atoms with Crippen LogP contribution in [0, 0.1) is 6.92 Å². The molecule has 0 unspecified atom stereocenters. The predicted molar refractivity (Wildman–Crippen MR) is 137 cm³/mol. The first-order chi connectivity index (χ1) is 17.1. The minimum Gasteiger partial charge on any atom is -0.490 e. The smallest absolute Gasteiger partial charge is 0.259 e. The highest BCUT2D eigenvalue weighted by atomic mass is 16.5. The third-order valence-corrected chi connectivity index (χ3v) is 5.17. The van der Waals surface area contributed by atoms with Crippen molar-refractivity contribution in [2.45, 2.75) is 6.92 Å². The van der Waals surface area contributed by atoms with Gasteiger partial charge in [-0.3, -0.25) is 9.59 Å². The summed E-state index contributed by atoms with van der Waals surface area (Å²) in [5, 5.41) is 5.74. The zero-order chi connectivity index (χ0) is 24.5. The number of rotatable bonds is 9. The van der Waals surface area contributed by atoms with Crippen molar-refractivity contribution < 1.29 is 19.1 Å². The average Bonchev–Trinajstić information content (AvgIpc) is 2.88. The van der Waals surface area contributed by atoms with Crippen LogP contribution < -0.4 is 20.1 Å². The van der Waals surface area contributed by atoms with E-state index in [-0.39, 0.29) is 11.8 Å². The summed E-state index contributed by atoms with van der Waals surface area (Å²) in [5.74, 6) is 0.762. The Morgan fingerprint density at radius 3 is 2.00 bits per heavy atom. The molecule has 2 N–H and O–H groups in total. The van der Waals surface area contributed by atoms with E-state index in [2.05, 4.69) is 10.6 Å². The molecule has 0 aliphatic rings. The second-order valence-electron chi connectivity index (χ2n) is 7.86. The van der Waals surface area contributed by atoms with Crippen LogP contribution in [0.3, 0.4) is 0 Å². The molecule has 2 amide bonds. The second kappa shape index (κ2) is 11.5. The van der Waals surface area contributed by atoms with E-state index in [0.717, 1.165) is 11.3 Å². The summed E-state index contributed by atoms with van der Waals surface area (Å²) in [5.41, 5.74) is 3.27. The fourth-order valence-corrected chi connectivity index (χ4v) is 3.43. The third kappa shape index (κ3) is 6.71. The van der Waals surface area contributed by atoms with Crippen LogP contribution in [0.2, 0.25) is 0 Å². The number of amides is 2. The largest absolute Gasteiger partial charge is 0.490 e. The van der Waals surface area contributed by atoms with E-state index in [4.69, 9.17) is 9.47 Å². The zero-order valence-corrected chi connectivity index (χ0v) is 19.4. The van der Waals surface area contributed by atoms with Crippen LogP contribution >= 0.6 is 0 Å². The van der Waals surface area contributed by atoms with Gasteiger partial charge in [-0.15, -0.1) is 0 Å². The third-order valence-electron chi connectivity index (χ3n) is 5.17. The van der Waals surface area contributed by atoms with Crippen LogP contribution in [0.15, 0.2) is 103 Å². The summed E-state index contributed by atoms with van der Waals surface area (Å²) in [4.78, 5) is 25.3. The molecular weight excluding hydrogens is 440 g/mol. The molecule has 0 bridgehead atoms. The highest BCUT2D eigenvalue weighted by Crippen LogP contribution is 2.21. The molecule has 4 aromatic carbocycles. The maximum absolute atomic E-state index is 12.9. The van der Waals surface area contributed by atoms with Gasteiger partial charge in [0.1, 0.15) is 24.7 Å². The Labute approximate surface area is 204 Å². The van der Waals surface area contributed by atoms with Gasteiger partial charge in [0, 0.05) is 16.9 Å². The van der Waals surface area contributed by atoms with Gasteiger partial charge < -0.3 is 20.1 Å². The number of anilines is 2. The summed E-state index contributed by atoms with van der Waals surface area (Å²) >= 11 is 0. The highest BCUT2D eigenvalue weighted by molar-refractivity contribution is 6.07. The maximum Gasteiger partial charge on any atom is 0.259 e. The van der Waals surface area contributed by atoms with Gasteiger partial charge in [-0.1, -0.05) is 48.0 Å². The number of hydrogen-bond acceptors (Lipinski definition) is 4. The number of carbonyl (C=O) groups is 2. The lowest BCUT2D eigenvalue weighted by Crippen LogP contribution is -2.16. The molecular formula is C29H26N2O4. The monoisotopic (exact) mass is 466 g/mol. The molecule has 6 nitrogen and oxygen atoms in total. The van der Waals surface area contributed by atoms with Gasteiger partial charge in [0.15, 0.2) is 0 Å². The van der Waals surface area contributed by atoms with E-state index >= 15 is 0 Å². The van der Waals surface area contributed by atoms with E-state index in [1.807, 2.05) is 61.5 Å². The molecule has 0 saturated heterocycles. The predicted octanol–water partition coefficient (Wildman–Crippen LogP) is 5.96. The Morgan fingerprint density at radius 1 is 0.657 bits per heavy atom. The molecule has 0 atom stereocenters. The number of nitrogens with one attached hydrogen (secondary N) is 2. The van der Waals surface area contributed by atoms with Crippen LogP contribution in [-0.4, -0.2) is 25.0 Å². The maximum atomic E-state index is 12.9. The number of ether oxygens (including phenoxy) is 2. The molecule has 0 fully saturated rings. The summed E-state index contributed by atoms with van der Waals surface area (Å²) in [6.45, 7) is 2.60. The van der Waals surface area contributed by atoms with Crippen LogP contribution in [0.25, 0.3) is 0 Å². The number of hydrogen-bond donors (Lipinski definition) is 2. The number of para-hydroxylation sites is 2. The normalized spacial score (nSPS) is 10.3. The molecule has 0 aliphatic carbocycles. The van der Waals surface area contributed by atoms with Crippen LogP contribution in [0.1, 0.15) is 26.3 Å². The van der Waals surface area contributed by atoms with Crippen LogP contribution in [-0.2, 0) is 0 Å². The quantitative estimate of drug-likeness (QED) is 0.299. The fraction of sp³-hybridized carbons (Fsp3) is 0.103. The molecule has 0 radical (unpaired) electrons. The van der Waals surface area contributed by atoms with Gasteiger partial charge in [-0.2, -0.15) is 0 Å². The Bertz CT molecular complexity index is 1290. The van der Waals surface area contributed by atoms with Crippen molar-refractivity contribution in [3.05, 3.63) is 120 Å². The highest BCUT2D eigenvalue weighted by Gasteiger charge is 2.13. The lowest BCUT2D eigenvalue weighted by molar-refractivity contribution is 0.101. The molecule has 6 heteroatoms. The SMILES string of the molecule is Cc1cccc(C(=O)Nc2ccc(NC(=O)c3ccccc3OCCOc3ccccc3)cc2)c1. The molecule has 4 aromatic rings. The van der Waals surface area contributed by atoms with Gasteiger partial charge in [0.25, 0.3) is 11.8 Å². The molecule has 35 heavy (non-hydrogen) atoms. The van der Waals surface area contributed by atoms with Crippen molar-refractivity contribution in [2.24, 2.45) is 0 Å². The van der Waals surface area contributed by atoms with E-state index in [0.29, 0.717) is 41.5 Å². The summed E-state index contributed by atoms with van der Waals surface area (Å²) in [7, 11) is 0. The lowest BCUT2D eigenvalue weighted by atomic mass is 10.1. The zero-order valence-electron chi connectivity index (χ0n) is 19.4. The molecule has 0 spiro atoms. The summed E-state index contributed by atoms with van der Waals surface area (Å²) in [6, 6.07) is 30.9. The minimum atomic E-state index is -0.291. The van der Waals surface area contributed by atoms with Crippen molar-refractivity contribution in [3.8, 4) is 11.5 Å². The Kier molecular flexibility index (Phi) is 7.76. The van der Waals surface area contributed by atoms with Gasteiger partial charge in [-0.05, 0) is 67.6 Å². The molecule has 0 heterocycles.